The number of alkyl halides is 3. The summed E-state index contributed by atoms with van der Waals surface area (Å²) in [5.41, 5.74) is 0.641. The minimum absolute atomic E-state index is 0.117. The van der Waals surface area contributed by atoms with Crippen LogP contribution in [0, 0.1) is 10.1 Å². The molecule has 7 nitrogen and oxygen atoms in total. The fourth-order valence-electron chi connectivity index (χ4n) is 3.97. The Morgan fingerprint density at radius 2 is 2.00 bits per heavy atom. The summed E-state index contributed by atoms with van der Waals surface area (Å²) >= 11 is 6.09. The molecule has 1 amide bonds. The van der Waals surface area contributed by atoms with E-state index in [-0.39, 0.29) is 16.5 Å². The number of amides is 1. The summed E-state index contributed by atoms with van der Waals surface area (Å²) in [6, 6.07) is 7.79. The highest BCUT2D eigenvalue weighted by atomic mass is 35.5. The number of halogens is 4. The van der Waals surface area contributed by atoms with Gasteiger partial charge in [-0.25, -0.2) is 0 Å². The maximum Gasteiger partial charge on any atom is 0.471 e. The Morgan fingerprint density at radius 1 is 1.27 bits per heavy atom. The number of carbonyl (C=O) groups excluding carboxylic acids is 1. The molecule has 158 valence electrons. The zero-order chi connectivity index (χ0) is 21.6. The second kappa shape index (κ2) is 7.35. The highest BCUT2D eigenvalue weighted by Crippen LogP contribution is 2.50. The quantitative estimate of drug-likeness (QED) is 0.537. The molecule has 2 aliphatic rings. The summed E-state index contributed by atoms with van der Waals surface area (Å²) in [5.74, 6) is -1.50. The maximum atomic E-state index is 12.9. The van der Waals surface area contributed by atoms with Crippen molar-refractivity contribution < 1.29 is 27.6 Å². The first-order chi connectivity index (χ1) is 14.2. The Bertz CT molecular complexity index is 1030. The predicted octanol–water partition coefficient (Wildman–Crippen LogP) is 4.74. The van der Waals surface area contributed by atoms with Crippen LogP contribution in [0.5, 0.6) is 11.5 Å². The molecule has 1 saturated heterocycles. The van der Waals surface area contributed by atoms with Gasteiger partial charge in [-0.15, -0.1) is 0 Å². The number of ether oxygens (including phenoxy) is 1. The van der Waals surface area contributed by atoms with E-state index in [9.17, 15) is 28.1 Å². The Hall–Kier alpha value is -3.01. The fraction of sp³-hybridized carbons (Fsp3) is 0.316. The molecule has 11 heteroatoms. The third-order valence-corrected chi connectivity index (χ3v) is 5.50. The van der Waals surface area contributed by atoms with Crippen LogP contribution in [0.2, 0.25) is 5.02 Å². The molecule has 2 heterocycles. The lowest BCUT2D eigenvalue weighted by Crippen LogP contribution is -2.52. The van der Waals surface area contributed by atoms with Gasteiger partial charge in [0.05, 0.1) is 28.8 Å². The van der Waals surface area contributed by atoms with Crippen LogP contribution in [-0.2, 0) is 4.79 Å². The molecule has 0 radical (unpaired) electrons. The van der Waals surface area contributed by atoms with Gasteiger partial charge in [0, 0.05) is 12.1 Å². The van der Waals surface area contributed by atoms with Crippen LogP contribution in [0.3, 0.4) is 0 Å². The van der Waals surface area contributed by atoms with Crippen LogP contribution in [0.4, 0.5) is 24.5 Å². The number of rotatable bonds is 2. The molecule has 2 atom stereocenters. The molecule has 0 unspecified atom stereocenters. The normalized spacial score (nSPS) is 20.2. The molecule has 1 N–H and O–H groups in total. The van der Waals surface area contributed by atoms with Crippen molar-refractivity contribution in [2.45, 2.75) is 31.1 Å². The first-order valence-electron chi connectivity index (χ1n) is 9.06. The van der Waals surface area contributed by atoms with E-state index in [1.54, 1.807) is 29.2 Å². The molecule has 2 aromatic carbocycles. The van der Waals surface area contributed by atoms with E-state index in [0.717, 1.165) is 0 Å². The molecule has 1 fully saturated rings. The van der Waals surface area contributed by atoms with Gasteiger partial charge in [-0.05, 0) is 25.0 Å². The monoisotopic (exact) mass is 441 g/mol. The molecule has 0 spiro atoms. The molecule has 0 aromatic heterocycles. The predicted molar refractivity (Wildman–Crippen MR) is 102 cm³/mol. The number of benzene rings is 2. The second-order valence-corrected chi connectivity index (χ2v) is 7.43. The van der Waals surface area contributed by atoms with Gasteiger partial charge in [-0.3, -0.25) is 14.9 Å². The number of nitrogens with one attached hydrogen (secondary N) is 1. The average Bonchev–Trinajstić information content (AvgIpc) is 2.81. The molecular weight excluding hydrogens is 427 g/mol. The van der Waals surface area contributed by atoms with Crippen molar-refractivity contribution in [3.63, 3.8) is 0 Å². The van der Waals surface area contributed by atoms with E-state index in [4.69, 9.17) is 16.3 Å². The number of nitro groups is 1. The highest BCUT2D eigenvalue weighted by Gasteiger charge is 2.44. The van der Waals surface area contributed by atoms with Gasteiger partial charge in [-0.1, -0.05) is 29.8 Å². The van der Waals surface area contributed by atoms with E-state index in [1.165, 1.54) is 12.1 Å². The number of carbonyl (C=O) groups is 1. The van der Waals surface area contributed by atoms with Gasteiger partial charge < -0.3 is 15.0 Å². The summed E-state index contributed by atoms with van der Waals surface area (Å²) in [5, 5.41) is 13.3. The summed E-state index contributed by atoms with van der Waals surface area (Å²) in [6.07, 6.45) is -4.19. The number of anilines is 1. The number of nitrogens with zero attached hydrogens (tertiary/aromatic N) is 2. The van der Waals surface area contributed by atoms with Crippen molar-refractivity contribution in [2.75, 3.05) is 11.4 Å². The van der Waals surface area contributed by atoms with Crippen LogP contribution in [0.15, 0.2) is 36.4 Å². The average molecular weight is 442 g/mol. The molecular formula is C19H15ClF3N3O4. The molecule has 4 rings (SSSR count). The van der Waals surface area contributed by atoms with Gasteiger partial charge in [0.1, 0.15) is 10.8 Å². The van der Waals surface area contributed by atoms with Crippen molar-refractivity contribution in [1.82, 2.24) is 5.32 Å². The van der Waals surface area contributed by atoms with Crippen molar-refractivity contribution in [2.24, 2.45) is 0 Å². The minimum atomic E-state index is -5.01. The standard InChI is InChI=1S/C19H15ClF3N3O4/c20-11-8-14-16(9-13(11)26(28)29)30-15-6-2-1-4-10(15)17-12(5-3-7-25(14)17)24-18(27)19(21,22)23/h1-2,4,6,8-9,12,17H,3,5,7H2,(H,24,27)/t12-,17-/m0/s1. The zero-order valence-corrected chi connectivity index (χ0v) is 16.0. The first-order valence-corrected chi connectivity index (χ1v) is 9.43. The van der Waals surface area contributed by atoms with Crippen LogP contribution >= 0.6 is 11.6 Å². The minimum Gasteiger partial charge on any atom is -0.455 e. The first kappa shape index (κ1) is 20.3. The molecule has 0 bridgehead atoms. The lowest BCUT2D eigenvalue weighted by Gasteiger charge is -2.42. The van der Waals surface area contributed by atoms with E-state index in [1.807, 2.05) is 0 Å². The fourth-order valence-corrected chi connectivity index (χ4v) is 4.19. The number of nitro benzene ring substituents is 1. The molecule has 0 aliphatic carbocycles. The van der Waals surface area contributed by atoms with E-state index < -0.39 is 29.1 Å². The third-order valence-electron chi connectivity index (χ3n) is 5.20. The topological polar surface area (TPSA) is 84.7 Å². The van der Waals surface area contributed by atoms with E-state index >= 15 is 0 Å². The lowest BCUT2D eigenvalue weighted by atomic mass is 9.89. The number of fused-ring (bicyclic) bond motifs is 5. The smallest absolute Gasteiger partial charge is 0.455 e. The van der Waals surface area contributed by atoms with Crippen molar-refractivity contribution in [3.8, 4) is 11.5 Å². The van der Waals surface area contributed by atoms with Crippen LogP contribution in [0.25, 0.3) is 0 Å². The third kappa shape index (κ3) is 3.51. The van der Waals surface area contributed by atoms with Crippen LogP contribution in [0.1, 0.15) is 24.4 Å². The van der Waals surface area contributed by atoms with Crippen LogP contribution < -0.4 is 15.0 Å². The Labute approximate surface area is 173 Å². The largest absolute Gasteiger partial charge is 0.471 e. The molecule has 2 aliphatic heterocycles. The number of para-hydroxylation sites is 1. The molecule has 2 aromatic rings. The van der Waals surface area contributed by atoms with Crippen molar-refractivity contribution in [3.05, 3.63) is 57.1 Å². The van der Waals surface area contributed by atoms with Gasteiger partial charge in [-0.2, -0.15) is 13.2 Å². The zero-order valence-electron chi connectivity index (χ0n) is 15.3. The SMILES string of the molecule is O=C(N[C@H]1CCCN2c3cc(Cl)c([N+](=O)[O-])cc3Oc3ccccc3[C@@H]12)C(F)(F)F. The lowest BCUT2D eigenvalue weighted by molar-refractivity contribution is -0.384. The van der Waals surface area contributed by atoms with Gasteiger partial charge in [0.25, 0.3) is 5.69 Å². The summed E-state index contributed by atoms with van der Waals surface area (Å²) < 4.78 is 44.6. The van der Waals surface area contributed by atoms with Gasteiger partial charge in [0.15, 0.2) is 5.75 Å². The summed E-state index contributed by atoms with van der Waals surface area (Å²) in [7, 11) is 0. The van der Waals surface area contributed by atoms with Crippen LogP contribution in [-0.4, -0.2) is 29.6 Å². The second-order valence-electron chi connectivity index (χ2n) is 7.03. The van der Waals surface area contributed by atoms with Gasteiger partial charge in [0.2, 0.25) is 0 Å². The van der Waals surface area contributed by atoms with E-state index in [0.29, 0.717) is 36.4 Å². The summed E-state index contributed by atoms with van der Waals surface area (Å²) in [4.78, 5) is 24.1. The number of piperidine rings is 1. The Kier molecular flexibility index (Phi) is 4.97. The van der Waals surface area contributed by atoms with Crippen molar-refractivity contribution >= 4 is 28.9 Å². The number of hydrogen-bond donors (Lipinski definition) is 1. The van der Waals surface area contributed by atoms with Crippen molar-refractivity contribution in [1.29, 1.82) is 0 Å². The highest BCUT2D eigenvalue weighted by molar-refractivity contribution is 6.33. The van der Waals surface area contributed by atoms with E-state index in [2.05, 4.69) is 5.32 Å². The van der Waals surface area contributed by atoms with Gasteiger partial charge >= 0.3 is 12.1 Å². The Balaban J connectivity index is 1.84. The maximum absolute atomic E-state index is 12.9. The summed E-state index contributed by atoms with van der Waals surface area (Å²) in [6.45, 7) is 0.446. The molecule has 30 heavy (non-hydrogen) atoms. The Morgan fingerprint density at radius 3 is 2.70 bits per heavy atom. The molecule has 0 saturated carbocycles. The number of hydrogen-bond acceptors (Lipinski definition) is 5.